The Kier molecular flexibility index (Phi) is 3.57. The molecule has 2 aromatic carbocycles. The maximum atomic E-state index is 13.1. The molecule has 8 heteroatoms. The van der Waals surface area contributed by atoms with Crippen LogP contribution >= 0.6 is 0 Å². The van der Waals surface area contributed by atoms with Crippen LogP contribution in [0.15, 0.2) is 41.3 Å². The van der Waals surface area contributed by atoms with Crippen LogP contribution in [0.25, 0.3) is 0 Å². The quantitative estimate of drug-likeness (QED) is 0.834. The van der Waals surface area contributed by atoms with Gasteiger partial charge >= 0.3 is 0 Å². The molecule has 0 saturated heterocycles. The first-order chi connectivity index (χ1) is 12.0. The standard InChI is InChI=1S/C17H15NO6S/c1-22-11-2-4-13-14(8-11)18(7-6-15(13)19)25(20,21)12-3-5-16-17(9-12)24-10-23-16/h2-5,8-9H,6-7,10H2,1H3. The third-order valence-electron chi connectivity index (χ3n) is 4.25. The summed E-state index contributed by atoms with van der Waals surface area (Å²) in [6, 6.07) is 9.28. The Balaban J connectivity index is 1.81. The Bertz CT molecular complexity index is 969. The van der Waals surface area contributed by atoms with E-state index in [0.29, 0.717) is 28.5 Å². The molecule has 0 saturated carbocycles. The molecule has 0 spiro atoms. The Morgan fingerprint density at radius 1 is 1.08 bits per heavy atom. The van der Waals surface area contributed by atoms with Crippen molar-refractivity contribution in [2.45, 2.75) is 11.3 Å². The highest BCUT2D eigenvalue weighted by Gasteiger charge is 2.33. The second-order valence-electron chi connectivity index (χ2n) is 5.65. The van der Waals surface area contributed by atoms with Crippen molar-refractivity contribution >= 4 is 21.5 Å². The number of hydrogen-bond acceptors (Lipinski definition) is 6. The second-order valence-corrected chi connectivity index (χ2v) is 7.51. The summed E-state index contributed by atoms with van der Waals surface area (Å²) in [4.78, 5) is 12.2. The lowest BCUT2D eigenvalue weighted by Gasteiger charge is -2.30. The predicted molar refractivity (Wildman–Crippen MR) is 89.0 cm³/mol. The molecule has 4 rings (SSSR count). The fourth-order valence-corrected chi connectivity index (χ4v) is 4.45. The number of anilines is 1. The molecule has 0 unspecified atom stereocenters. The van der Waals surface area contributed by atoms with Gasteiger partial charge in [-0.25, -0.2) is 8.42 Å². The number of hydrogen-bond donors (Lipinski definition) is 0. The third-order valence-corrected chi connectivity index (χ3v) is 6.06. The van der Waals surface area contributed by atoms with Crippen molar-refractivity contribution in [3.05, 3.63) is 42.0 Å². The number of Topliss-reactive ketones (excluding diaryl/α,β-unsaturated/α-hetero) is 1. The summed E-state index contributed by atoms with van der Waals surface area (Å²) < 4.78 is 43.2. The van der Waals surface area contributed by atoms with E-state index in [0.717, 1.165) is 0 Å². The molecule has 0 amide bonds. The zero-order valence-corrected chi connectivity index (χ0v) is 14.2. The monoisotopic (exact) mass is 361 g/mol. The van der Waals surface area contributed by atoms with E-state index >= 15 is 0 Å². The molecule has 0 fully saturated rings. The van der Waals surface area contributed by atoms with Gasteiger partial charge in [0.05, 0.1) is 17.7 Å². The number of rotatable bonds is 3. The van der Waals surface area contributed by atoms with Gasteiger partial charge in [-0.3, -0.25) is 9.10 Å². The van der Waals surface area contributed by atoms with Gasteiger partial charge in [0.1, 0.15) is 5.75 Å². The number of ether oxygens (including phenoxy) is 3. The number of benzene rings is 2. The Labute approximate surface area is 144 Å². The molecular formula is C17H15NO6S. The fourth-order valence-electron chi connectivity index (χ4n) is 2.95. The van der Waals surface area contributed by atoms with Crippen molar-refractivity contribution in [3.8, 4) is 17.2 Å². The molecule has 0 atom stereocenters. The lowest BCUT2D eigenvalue weighted by atomic mass is 10.0. The van der Waals surface area contributed by atoms with Gasteiger partial charge in [-0.2, -0.15) is 0 Å². The summed E-state index contributed by atoms with van der Waals surface area (Å²) in [7, 11) is -2.37. The minimum atomic E-state index is -3.86. The lowest BCUT2D eigenvalue weighted by Crippen LogP contribution is -2.37. The molecule has 7 nitrogen and oxygen atoms in total. The van der Waals surface area contributed by atoms with E-state index in [4.69, 9.17) is 14.2 Å². The first kappa shape index (κ1) is 15.8. The minimum absolute atomic E-state index is 0.0666. The van der Waals surface area contributed by atoms with Gasteiger partial charge in [-0.05, 0) is 24.3 Å². The molecule has 0 bridgehead atoms. The van der Waals surface area contributed by atoms with Crippen molar-refractivity contribution in [1.82, 2.24) is 0 Å². The van der Waals surface area contributed by atoms with Gasteiger partial charge in [0, 0.05) is 30.7 Å². The molecular weight excluding hydrogens is 346 g/mol. The van der Waals surface area contributed by atoms with Gasteiger partial charge < -0.3 is 14.2 Å². The highest BCUT2D eigenvalue weighted by molar-refractivity contribution is 7.92. The third kappa shape index (κ3) is 2.49. The van der Waals surface area contributed by atoms with Gasteiger partial charge in [0.15, 0.2) is 17.3 Å². The number of nitrogens with zero attached hydrogens (tertiary/aromatic N) is 1. The van der Waals surface area contributed by atoms with Crippen LogP contribution in [-0.4, -0.2) is 34.6 Å². The fraction of sp³-hybridized carbons (Fsp3) is 0.235. The molecule has 0 aromatic heterocycles. The molecule has 130 valence electrons. The van der Waals surface area contributed by atoms with Gasteiger partial charge in [0.2, 0.25) is 6.79 Å². The van der Waals surface area contributed by atoms with E-state index in [1.807, 2.05) is 0 Å². The van der Waals surface area contributed by atoms with E-state index < -0.39 is 10.0 Å². The van der Waals surface area contributed by atoms with Crippen LogP contribution in [0.4, 0.5) is 5.69 Å². The van der Waals surface area contributed by atoms with Crippen molar-refractivity contribution in [1.29, 1.82) is 0 Å². The highest BCUT2D eigenvalue weighted by atomic mass is 32.2. The molecule has 0 aliphatic carbocycles. The Morgan fingerprint density at radius 2 is 1.88 bits per heavy atom. The molecule has 2 aromatic rings. The zero-order valence-electron chi connectivity index (χ0n) is 13.4. The van der Waals surface area contributed by atoms with Crippen LogP contribution < -0.4 is 18.5 Å². The average Bonchev–Trinajstić information content (AvgIpc) is 3.09. The molecule has 2 heterocycles. The summed E-state index contributed by atoms with van der Waals surface area (Å²) in [6.45, 7) is 0.146. The molecule has 25 heavy (non-hydrogen) atoms. The summed E-state index contributed by atoms with van der Waals surface area (Å²) in [5.41, 5.74) is 0.699. The van der Waals surface area contributed by atoms with Crippen LogP contribution in [0, 0.1) is 0 Å². The van der Waals surface area contributed by atoms with Gasteiger partial charge in [-0.1, -0.05) is 0 Å². The SMILES string of the molecule is COc1ccc2c(c1)N(S(=O)(=O)c1ccc3c(c1)OCO3)CCC2=O. The number of carbonyl (C=O) groups excluding carboxylic acids is 1. The van der Waals surface area contributed by atoms with Crippen molar-refractivity contribution in [2.75, 3.05) is 24.8 Å². The number of methoxy groups -OCH3 is 1. The normalized spacial score (nSPS) is 15.9. The van der Waals surface area contributed by atoms with E-state index in [2.05, 4.69) is 0 Å². The van der Waals surface area contributed by atoms with Crippen LogP contribution in [-0.2, 0) is 10.0 Å². The van der Waals surface area contributed by atoms with Gasteiger partial charge in [0.25, 0.3) is 10.0 Å². The summed E-state index contributed by atoms with van der Waals surface area (Å²) in [6.07, 6.45) is 0.128. The average molecular weight is 361 g/mol. The van der Waals surface area contributed by atoms with E-state index in [1.54, 1.807) is 24.3 Å². The van der Waals surface area contributed by atoms with Crippen molar-refractivity contribution in [2.24, 2.45) is 0 Å². The topological polar surface area (TPSA) is 82.1 Å². The number of sulfonamides is 1. The molecule has 0 N–H and O–H groups in total. The maximum Gasteiger partial charge on any atom is 0.264 e. The van der Waals surface area contributed by atoms with Crippen LogP contribution in [0.3, 0.4) is 0 Å². The van der Waals surface area contributed by atoms with Crippen LogP contribution in [0.5, 0.6) is 17.2 Å². The number of carbonyl (C=O) groups is 1. The first-order valence-corrected chi connectivity index (χ1v) is 9.08. The smallest absolute Gasteiger partial charge is 0.264 e. The number of ketones is 1. The Hall–Kier alpha value is -2.74. The van der Waals surface area contributed by atoms with E-state index in [1.165, 1.54) is 23.5 Å². The molecule has 2 aliphatic rings. The summed E-state index contributed by atoms with van der Waals surface area (Å²) in [5, 5.41) is 0. The largest absolute Gasteiger partial charge is 0.497 e. The Morgan fingerprint density at radius 3 is 2.68 bits per heavy atom. The molecule has 0 radical (unpaired) electrons. The van der Waals surface area contributed by atoms with Crippen LogP contribution in [0.1, 0.15) is 16.8 Å². The summed E-state index contributed by atoms with van der Waals surface area (Å²) in [5.74, 6) is 1.30. The van der Waals surface area contributed by atoms with Gasteiger partial charge in [-0.15, -0.1) is 0 Å². The van der Waals surface area contributed by atoms with E-state index in [-0.39, 0.29) is 30.4 Å². The van der Waals surface area contributed by atoms with Crippen LogP contribution in [0.2, 0.25) is 0 Å². The van der Waals surface area contributed by atoms with Crippen molar-refractivity contribution in [3.63, 3.8) is 0 Å². The minimum Gasteiger partial charge on any atom is -0.497 e. The summed E-state index contributed by atoms with van der Waals surface area (Å²) >= 11 is 0. The highest BCUT2D eigenvalue weighted by Crippen LogP contribution is 2.38. The maximum absolute atomic E-state index is 13.1. The lowest BCUT2D eigenvalue weighted by molar-refractivity contribution is 0.0982. The zero-order chi connectivity index (χ0) is 17.6. The van der Waals surface area contributed by atoms with Crippen molar-refractivity contribution < 1.29 is 27.4 Å². The predicted octanol–water partition coefficient (Wildman–Crippen LogP) is 2.21. The first-order valence-electron chi connectivity index (χ1n) is 7.64. The molecule has 2 aliphatic heterocycles. The number of fused-ring (bicyclic) bond motifs is 2. The van der Waals surface area contributed by atoms with E-state index in [9.17, 15) is 13.2 Å². The second kappa shape index (κ2) is 5.66.